The van der Waals surface area contributed by atoms with Crippen molar-refractivity contribution in [3.63, 3.8) is 0 Å². The first-order chi connectivity index (χ1) is 8.93. The number of amides is 1. The zero-order chi connectivity index (χ0) is 14.4. The maximum absolute atomic E-state index is 12.0. The van der Waals surface area contributed by atoms with E-state index in [2.05, 4.69) is 5.32 Å². The fourth-order valence-electron chi connectivity index (χ4n) is 1.48. The highest BCUT2D eigenvalue weighted by Gasteiger charge is 2.17. The predicted molar refractivity (Wildman–Crippen MR) is 79.5 cm³/mol. The van der Waals surface area contributed by atoms with Crippen LogP contribution in [0.4, 0.5) is 0 Å². The molecule has 1 amide bonds. The highest BCUT2D eigenvalue weighted by Crippen LogP contribution is 2.31. The third kappa shape index (κ3) is 5.48. The van der Waals surface area contributed by atoms with Crippen LogP contribution in [-0.2, 0) is 4.79 Å². The summed E-state index contributed by atoms with van der Waals surface area (Å²) in [4.78, 5) is 25.1. The summed E-state index contributed by atoms with van der Waals surface area (Å²) in [7, 11) is 1.71. The van der Waals surface area contributed by atoms with Gasteiger partial charge in [0.15, 0.2) is 5.78 Å². The topological polar surface area (TPSA) is 49.4 Å². The highest BCUT2D eigenvalue weighted by molar-refractivity contribution is 7.20. The van der Waals surface area contributed by atoms with E-state index in [0.717, 1.165) is 17.8 Å². The minimum atomic E-state index is -0.140. The van der Waals surface area contributed by atoms with Crippen molar-refractivity contribution in [2.75, 3.05) is 26.7 Å². The SMILES string of the molecule is CCCNC(=O)CN(C)CC(=O)c1cc(Cl)sc1Cl. The lowest BCUT2D eigenvalue weighted by atomic mass is 10.2. The summed E-state index contributed by atoms with van der Waals surface area (Å²) in [5.41, 5.74) is 0.414. The molecule has 1 N–H and O–H groups in total. The lowest BCUT2D eigenvalue weighted by Gasteiger charge is -2.15. The molecular weight excluding hydrogens is 307 g/mol. The number of hydrogen-bond donors (Lipinski definition) is 1. The maximum Gasteiger partial charge on any atom is 0.234 e. The van der Waals surface area contributed by atoms with Crippen LogP contribution in [0.5, 0.6) is 0 Å². The molecule has 0 aliphatic heterocycles. The minimum absolute atomic E-state index is 0.0911. The average Bonchev–Trinajstić information content (AvgIpc) is 2.65. The van der Waals surface area contributed by atoms with Crippen LogP contribution in [0.1, 0.15) is 23.7 Å². The second-order valence-corrected chi connectivity index (χ2v) is 6.47. The highest BCUT2D eigenvalue weighted by atomic mass is 35.5. The smallest absolute Gasteiger partial charge is 0.234 e. The molecule has 19 heavy (non-hydrogen) atoms. The summed E-state index contributed by atoms with van der Waals surface area (Å²) in [5.74, 6) is -0.231. The molecular formula is C12H16Cl2N2O2S. The van der Waals surface area contributed by atoms with Crippen LogP contribution in [0, 0.1) is 0 Å². The third-order valence-corrected chi connectivity index (χ3v) is 3.84. The Kier molecular flexibility index (Phi) is 6.79. The van der Waals surface area contributed by atoms with E-state index in [9.17, 15) is 9.59 Å². The third-order valence-electron chi connectivity index (χ3n) is 2.36. The predicted octanol–water partition coefficient (Wildman–Crippen LogP) is 2.70. The van der Waals surface area contributed by atoms with Crippen molar-refractivity contribution in [2.45, 2.75) is 13.3 Å². The van der Waals surface area contributed by atoms with Crippen molar-refractivity contribution in [1.29, 1.82) is 0 Å². The number of thiophene rings is 1. The fraction of sp³-hybridized carbons (Fsp3) is 0.500. The first-order valence-corrected chi connectivity index (χ1v) is 7.44. The second-order valence-electron chi connectivity index (χ2n) is 4.18. The Morgan fingerprint density at radius 1 is 1.37 bits per heavy atom. The van der Waals surface area contributed by atoms with Gasteiger partial charge in [0.1, 0.15) is 4.34 Å². The largest absolute Gasteiger partial charge is 0.355 e. The second kappa shape index (κ2) is 7.85. The molecule has 7 heteroatoms. The molecule has 1 heterocycles. The quantitative estimate of drug-likeness (QED) is 0.785. The molecule has 0 unspecified atom stereocenters. The molecule has 0 atom stereocenters. The number of halogens is 2. The molecule has 0 saturated heterocycles. The van der Waals surface area contributed by atoms with E-state index < -0.39 is 0 Å². The van der Waals surface area contributed by atoms with Gasteiger partial charge in [-0.05, 0) is 19.5 Å². The number of likely N-dealkylation sites (N-methyl/N-ethyl adjacent to an activating group) is 1. The van der Waals surface area contributed by atoms with Crippen molar-refractivity contribution < 1.29 is 9.59 Å². The van der Waals surface area contributed by atoms with E-state index in [-0.39, 0.29) is 24.8 Å². The summed E-state index contributed by atoms with van der Waals surface area (Å²) in [6.45, 7) is 2.94. The van der Waals surface area contributed by atoms with Crippen molar-refractivity contribution >= 4 is 46.2 Å². The Hall–Kier alpha value is -0.620. The number of hydrogen-bond acceptors (Lipinski definition) is 4. The van der Waals surface area contributed by atoms with Crippen LogP contribution in [0.15, 0.2) is 6.07 Å². The van der Waals surface area contributed by atoms with Crippen LogP contribution < -0.4 is 5.32 Å². The molecule has 0 spiro atoms. The molecule has 1 rings (SSSR count). The normalized spacial score (nSPS) is 10.8. The molecule has 0 aromatic carbocycles. The standard InChI is InChI=1S/C12H16Cl2N2O2S/c1-3-4-15-11(18)7-16(2)6-9(17)8-5-10(13)19-12(8)14/h5H,3-4,6-7H2,1-2H3,(H,15,18). The Morgan fingerprint density at radius 2 is 2.05 bits per heavy atom. The number of carbonyl (C=O) groups is 2. The zero-order valence-electron chi connectivity index (χ0n) is 10.8. The number of nitrogens with one attached hydrogen (secondary N) is 1. The molecule has 0 bridgehead atoms. The van der Waals surface area contributed by atoms with E-state index in [4.69, 9.17) is 23.2 Å². The van der Waals surface area contributed by atoms with E-state index in [1.807, 2.05) is 6.92 Å². The van der Waals surface area contributed by atoms with Crippen LogP contribution in [0.25, 0.3) is 0 Å². The lowest BCUT2D eigenvalue weighted by molar-refractivity contribution is -0.121. The average molecular weight is 323 g/mol. The minimum Gasteiger partial charge on any atom is -0.355 e. The molecule has 0 fully saturated rings. The van der Waals surface area contributed by atoms with Gasteiger partial charge in [-0.15, -0.1) is 11.3 Å². The number of Topliss-reactive ketones (excluding diaryl/α,β-unsaturated/α-hetero) is 1. The first kappa shape index (κ1) is 16.4. The summed E-state index contributed by atoms with van der Waals surface area (Å²) in [6, 6.07) is 1.56. The molecule has 1 aromatic heterocycles. The van der Waals surface area contributed by atoms with Crippen LogP contribution >= 0.6 is 34.5 Å². The Morgan fingerprint density at radius 3 is 2.58 bits per heavy atom. The van der Waals surface area contributed by atoms with E-state index in [1.54, 1.807) is 18.0 Å². The van der Waals surface area contributed by atoms with E-state index in [0.29, 0.717) is 20.8 Å². The molecule has 106 valence electrons. The lowest BCUT2D eigenvalue weighted by Crippen LogP contribution is -2.37. The number of ketones is 1. The Balaban J connectivity index is 2.48. The first-order valence-electron chi connectivity index (χ1n) is 5.87. The fourth-order valence-corrected chi connectivity index (χ4v) is 2.98. The summed E-state index contributed by atoms with van der Waals surface area (Å²) >= 11 is 12.9. The van der Waals surface area contributed by atoms with Crippen molar-refractivity contribution in [3.05, 3.63) is 20.3 Å². The van der Waals surface area contributed by atoms with Gasteiger partial charge in [0.2, 0.25) is 5.91 Å². The molecule has 1 aromatic rings. The number of carbonyl (C=O) groups excluding carboxylic acids is 2. The monoisotopic (exact) mass is 322 g/mol. The summed E-state index contributed by atoms with van der Waals surface area (Å²) < 4.78 is 0.871. The van der Waals surface area contributed by atoms with Gasteiger partial charge in [0.25, 0.3) is 0 Å². The van der Waals surface area contributed by atoms with Gasteiger partial charge in [-0.1, -0.05) is 30.1 Å². The van der Waals surface area contributed by atoms with Crippen molar-refractivity contribution in [3.8, 4) is 0 Å². The summed E-state index contributed by atoms with van der Waals surface area (Å²) in [6.07, 6.45) is 0.886. The van der Waals surface area contributed by atoms with Crippen molar-refractivity contribution in [2.24, 2.45) is 0 Å². The Labute approximate surface area is 126 Å². The molecule has 0 radical (unpaired) electrons. The van der Waals surface area contributed by atoms with Gasteiger partial charge in [0, 0.05) is 6.54 Å². The Bertz CT molecular complexity index is 463. The molecule has 0 aliphatic rings. The molecule has 0 aliphatic carbocycles. The van der Waals surface area contributed by atoms with Gasteiger partial charge in [0.05, 0.1) is 23.0 Å². The van der Waals surface area contributed by atoms with Crippen LogP contribution in [0.2, 0.25) is 8.67 Å². The zero-order valence-corrected chi connectivity index (χ0v) is 13.2. The van der Waals surface area contributed by atoms with Crippen LogP contribution in [0.3, 0.4) is 0 Å². The van der Waals surface area contributed by atoms with Gasteiger partial charge in [-0.25, -0.2) is 0 Å². The number of nitrogens with zero attached hydrogens (tertiary/aromatic N) is 1. The van der Waals surface area contributed by atoms with Crippen molar-refractivity contribution in [1.82, 2.24) is 10.2 Å². The van der Waals surface area contributed by atoms with E-state index >= 15 is 0 Å². The van der Waals surface area contributed by atoms with Gasteiger partial charge < -0.3 is 5.32 Å². The van der Waals surface area contributed by atoms with Gasteiger partial charge in [-0.3, -0.25) is 14.5 Å². The van der Waals surface area contributed by atoms with Gasteiger partial charge >= 0.3 is 0 Å². The summed E-state index contributed by atoms with van der Waals surface area (Å²) in [5, 5.41) is 2.75. The maximum atomic E-state index is 12.0. The molecule has 4 nitrogen and oxygen atoms in total. The number of rotatable bonds is 7. The van der Waals surface area contributed by atoms with Gasteiger partial charge in [-0.2, -0.15) is 0 Å². The van der Waals surface area contributed by atoms with Crippen LogP contribution in [-0.4, -0.2) is 43.3 Å². The van der Waals surface area contributed by atoms with E-state index in [1.165, 1.54) is 0 Å². The molecule has 0 saturated carbocycles.